The van der Waals surface area contributed by atoms with E-state index in [1.807, 2.05) is 30.3 Å². The Bertz CT molecular complexity index is 434. The molecule has 1 aromatic rings. The molecular formula is C15H18O3. The number of ether oxygens (including phenoxy) is 1. The van der Waals surface area contributed by atoms with Crippen molar-refractivity contribution in [2.24, 2.45) is 0 Å². The lowest BCUT2D eigenvalue weighted by Crippen LogP contribution is -2.13. The number of allylic oxidation sites excluding steroid dienone is 1. The molecule has 0 heterocycles. The van der Waals surface area contributed by atoms with Gasteiger partial charge in [0.1, 0.15) is 0 Å². The van der Waals surface area contributed by atoms with Crippen molar-refractivity contribution < 1.29 is 14.6 Å². The first-order chi connectivity index (χ1) is 8.77. The first-order valence-electron chi connectivity index (χ1n) is 6.33. The van der Waals surface area contributed by atoms with Gasteiger partial charge in [0.25, 0.3) is 0 Å². The zero-order valence-corrected chi connectivity index (χ0v) is 10.4. The molecule has 0 fully saturated rings. The van der Waals surface area contributed by atoms with E-state index in [2.05, 4.69) is 0 Å². The Kier molecular flexibility index (Phi) is 4.53. The van der Waals surface area contributed by atoms with Crippen LogP contribution >= 0.6 is 0 Å². The molecular weight excluding hydrogens is 228 g/mol. The lowest BCUT2D eigenvalue weighted by molar-refractivity contribution is -0.116. The van der Waals surface area contributed by atoms with Crippen LogP contribution in [0.25, 0.3) is 0 Å². The van der Waals surface area contributed by atoms with Gasteiger partial charge in [-0.2, -0.15) is 0 Å². The van der Waals surface area contributed by atoms with Crippen molar-refractivity contribution in [1.29, 1.82) is 0 Å². The third-order valence-corrected chi connectivity index (χ3v) is 3.11. The van der Waals surface area contributed by atoms with Crippen LogP contribution in [0.15, 0.2) is 41.7 Å². The molecule has 1 aliphatic rings. The second-order valence-corrected chi connectivity index (χ2v) is 4.49. The fraction of sp³-hybridized carbons (Fsp3) is 0.400. The normalized spacial score (nSPS) is 16.1. The highest BCUT2D eigenvalue weighted by Crippen LogP contribution is 2.22. The smallest absolute Gasteiger partial charge is 0.162 e. The minimum absolute atomic E-state index is 0.0714. The lowest BCUT2D eigenvalue weighted by Gasteiger charge is -2.15. The average Bonchev–Trinajstić information content (AvgIpc) is 2.38. The fourth-order valence-electron chi connectivity index (χ4n) is 2.10. The van der Waals surface area contributed by atoms with Crippen molar-refractivity contribution in [3.05, 3.63) is 47.2 Å². The molecule has 18 heavy (non-hydrogen) atoms. The number of hydrogen-bond donors (Lipinski definition) is 1. The topological polar surface area (TPSA) is 46.5 Å². The summed E-state index contributed by atoms with van der Waals surface area (Å²) in [4.78, 5) is 11.6. The van der Waals surface area contributed by atoms with Crippen LogP contribution in [0.4, 0.5) is 0 Å². The van der Waals surface area contributed by atoms with Gasteiger partial charge < -0.3 is 9.84 Å². The summed E-state index contributed by atoms with van der Waals surface area (Å²) >= 11 is 0. The molecule has 1 aliphatic carbocycles. The van der Waals surface area contributed by atoms with Crippen LogP contribution < -0.4 is 0 Å². The molecule has 0 saturated carbocycles. The predicted molar refractivity (Wildman–Crippen MR) is 69.2 cm³/mol. The lowest BCUT2D eigenvalue weighted by atomic mass is 9.94. The molecule has 2 rings (SSSR count). The summed E-state index contributed by atoms with van der Waals surface area (Å²) in [5.41, 5.74) is 1.68. The van der Waals surface area contributed by atoms with Crippen molar-refractivity contribution in [3.8, 4) is 0 Å². The van der Waals surface area contributed by atoms with Crippen LogP contribution in [0.1, 0.15) is 31.2 Å². The van der Waals surface area contributed by atoms with E-state index >= 15 is 0 Å². The first kappa shape index (κ1) is 12.8. The molecule has 0 atom stereocenters. The molecule has 0 unspecified atom stereocenters. The number of Topliss-reactive ketones (excluding diaryl/α,β-unsaturated/α-hetero) is 1. The molecule has 1 aromatic carbocycles. The second-order valence-electron chi connectivity index (χ2n) is 4.49. The highest BCUT2D eigenvalue weighted by Gasteiger charge is 2.19. The molecule has 0 saturated heterocycles. The van der Waals surface area contributed by atoms with Crippen LogP contribution in [0.2, 0.25) is 0 Å². The maximum atomic E-state index is 11.6. The number of aliphatic hydroxyl groups is 1. The van der Waals surface area contributed by atoms with E-state index in [0.717, 1.165) is 12.0 Å². The molecule has 3 nitrogen and oxygen atoms in total. The number of aliphatic hydroxyl groups excluding tert-OH is 1. The summed E-state index contributed by atoms with van der Waals surface area (Å²) in [6, 6.07) is 9.91. The van der Waals surface area contributed by atoms with Gasteiger partial charge in [-0.15, -0.1) is 0 Å². The van der Waals surface area contributed by atoms with Gasteiger partial charge in [0.2, 0.25) is 0 Å². The molecule has 0 amide bonds. The van der Waals surface area contributed by atoms with Crippen molar-refractivity contribution in [1.82, 2.24) is 0 Å². The first-order valence-corrected chi connectivity index (χ1v) is 6.33. The highest BCUT2D eigenvalue weighted by molar-refractivity contribution is 5.96. The van der Waals surface area contributed by atoms with Gasteiger partial charge in [-0.25, -0.2) is 0 Å². The third-order valence-electron chi connectivity index (χ3n) is 3.11. The van der Waals surface area contributed by atoms with Gasteiger partial charge in [0.15, 0.2) is 5.78 Å². The summed E-state index contributed by atoms with van der Waals surface area (Å²) in [5.74, 6) is 0.330. The zero-order chi connectivity index (χ0) is 12.8. The summed E-state index contributed by atoms with van der Waals surface area (Å²) in [6.07, 6.45) is 2.45. The number of carbonyl (C=O) groups excluding carboxylic acids is 1. The summed E-state index contributed by atoms with van der Waals surface area (Å²) in [5, 5.41) is 9.66. The van der Waals surface area contributed by atoms with E-state index in [1.54, 1.807) is 0 Å². The average molecular weight is 246 g/mol. The van der Waals surface area contributed by atoms with Crippen LogP contribution in [-0.2, 0) is 16.1 Å². The van der Waals surface area contributed by atoms with Crippen molar-refractivity contribution in [3.63, 3.8) is 0 Å². The molecule has 0 aromatic heterocycles. The van der Waals surface area contributed by atoms with Gasteiger partial charge in [-0.05, 0) is 12.0 Å². The quantitative estimate of drug-likeness (QED) is 0.812. The van der Waals surface area contributed by atoms with Gasteiger partial charge in [0, 0.05) is 24.8 Å². The van der Waals surface area contributed by atoms with Crippen LogP contribution in [0.5, 0.6) is 0 Å². The number of ketones is 1. The predicted octanol–water partition coefficient (Wildman–Crippen LogP) is 3.16. The van der Waals surface area contributed by atoms with Crippen LogP contribution in [0.3, 0.4) is 0 Å². The molecule has 3 heteroatoms. The van der Waals surface area contributed by atoms with E-state index in [9.17, 15) is 9.90 Å². The Labute approximate surface area is 107 Å². The number of benzene rings is 1. The molecule has 0 radical (unpaired) electrons. The molecule has 96 valence electrons. The molecule has 0 aliphatic heterocycles. The van der Waals surface area contributed by atoms with Crippen molar-refractivity contribution >= 4 is 5.78 Å². The van der Waals surface area contributed by atoms with Crippen molar-refractivity contribution in [2.75, 3.05) is 6.61 Å². The second kappa shape index (κ2) is 6.36. The van der Waals surface area contributed by atoms with Gasteiger partial charge in [-0.1, -0.05) is 30.3 Å². The van der Waals surface area contributed by atoms with Gasteiger partial charge >= 0.3 is 0 Å². The highest BCUT2D eigenvalue weighted by atomic mass is 16.5. The largest absolute Gasteiger partial charge is 0.512 e. The Morgan fingerprint density at radius 2 is 1.94 bits per heavy atom. The van der Waals surface area contributed by atoms with E-state index in [1.165, 1.54) is 0 Å². The third kappa shape index (κ3) is 3.44. The minimum atomic E-state index is 0.0714. The fourth-order valence-corrected chi connectivity index (χ4v) is 2.10. The Balaban J connectivity index is 1.77. The van der Waals surface area contributed by atoms with Crippen LogP contribution in [0, 0.1) is 0 Å². The minimum Gasteiger partial charge on any atom is -0.512 e. The van der Waals surface area contributed by atoms with Gasteiger partial charge in [0.05, 0.1) is 19.0 Å². The molecule has 0 spiro atoms. The SMILES string of the molecule is O=C1CCCC(O)=C1CCOCc1ccccc1. The zero-order valence-electron chi connectivity index (χ0n) is 10.4. The van der Waals surface area contributed by atoms with Gasteiger partial charge in [-0.3, -0.25) is 4.79 Å². The van der Waals surface area contributed by atoms with E-state index in [4.69, 9.17) is 4.74 Å². The number of hydrogen-bond acceptors (Lipinski definition) is 3. The summed E-state index contributed by atoms with van der Waals surface area (Å²) in [7, 11) is 0. The molecule has 1 N–H and O–H groups in total. The van der Waals surface area contributed by atoms with E-state index in [-0.39, 0.29) is 11.5 Å². The monoisotopic (exact) mass is 246 g/mol. The van der Waals surface area contributed by atoms with E-state index in [0.29, 0.717) is 38.0 Å². The standard InChI is InChI=1S/C15H18O3/c16-14-7-4-8-15(17)13(14)9-10-18-11-12-5-2-1-3-6-12/h1-3,5-6,16H,4,7-11H2. The summed E-state index contributed by atoms with van der Waals surface area (Å²) in [6.45, 7) is 1.02. The Morgan fingerprint density at radius 1 is 1.17 bits per heavy atom. The van der Waals surface area contributed by atoms with Crippen LogP contribution in [-0.4, -0.2) is 17.5 Å². The summed E-state index contributed by atoms with van der Waals surface area (Å²) < 4.78 is 5.52. The Hall–Kier alpha value is -1.61. The molecule has 0 bridgehead atoms. The Morgan fingerprint density at radius 3 is 2.67 bits per heavy atom. The number of carbonyl (C=O) groups is 1. The maximum absolute atomic E-state index is 11.6. The maximum Gasteiger partial charge on any atom is 0.162 e. The number of rotatable bonds is 5. The van der Waals surface area contributed by atoms with E-state index < -0.39 is 0 Å². The van der Waals surface area contributed by atoms with Crippen molar-refractivity contribution in [2.45, 2.75) is 32.3 Å².